The fourth-order valence-corrected chi connectivity index (χ4v) is 13.0. The minimum absolute atomic E-state index is 0.231. The van der Waals surface area contributed by atoms with Gasteiger partial charge in [0.15, 0.2) is 12.6 Å². The van der Waals surface area contributed by atoms with Crippen molar-refractivity contribution in [2.24, 2.45) is 0 Å². The summed E-state index contributed by atoms with van der Waals surface area (Å²) in [6, 6.07) is -0.912. The summed E-state index contributed by atoms with van der Waals surface area (Å²) in [5.41, 5.74) is 0. The standard InChI is InChI=1S/C76H145NO13/c1-3-5-7-9-11-13-15-17-19-21-22-23-24-25-26-27-28-29-30-31-32-33-34-35-36-37-38-39-40-41-42-44-46-48-50-52-54-56-58-60-68(81)77-64(65(80)59-57-55-53-51-49-47-45-43-20-18-16-14-12-10-8-6-4-2)63-87-75-73(86)71(84)74(67(62-79)89-75)90-76-72(85)70(83)69(82)66(61-78)88-76/h21-22,57,59,64-67,69-76,78-80,82-86H,3-20,23-56,58,60-63H2,1-2H3,(H,77,81)/b22-21-,59-57+. The first-order chi connectivity index (χ1) is 44.1. The van der Waals surface area contributed by atoms with E-state index in [-0.39, 0.29) is 18.9 Å². The number of carbonyl (C=O) groups excluding carboxylic acids is 1. The zero-order valence-electron chi connectivity index (χ0n) is 58.2. The third-order valence-electron chi connectivity index (χ3n) is 19.1. The summed E-state index contributed by atoms with van der Waals surface area (Å²) in [5, 5.41) is 87.4. The molecule has 0 saturated carbocycles. The molecule has 2 heterocycles. The van der Waals surface area contributed by atoms with Gasteiger partial charge in [0.1, 0.15) is 48.8 Å². The monoisotopic (exact) mass is 1280 g/mol. The van der Waals surface area contributed by atoms with Crippen LogP contribution in [0.2, 0.25) is 0 Å². The lowest BCUT2D eigenvalue weighted by Gasteiger charge is -2.46. The Morgan fingerprint density at radius 3 is 1.06 bits per heavy atom. The van der Waals surface area contributed by atoms with Crippen molar-refractivity contribution in [1.29, 1.82) is 0 Å². The number of aliphatic hydroxyl groups excluding tert-OH is 8. The van der Waals surface area contributed by atoms with Crippen LogP contribution in [0.25, 0.3) is 0 Å². The van der Waals surface area contributed by atoms with E-state index in [0.29, 0.717) is 6.42 Å². The molecule has 532 valence electrons. The maximum absolute atomic E-state index is 13.3. The molecule has 0 aromatic rings. The molecule has 9 N–H and O–H groups in total. The molecule has 12 unspecified atom stereocenters. The molecular weight excluding hydrogens is 1130 g/mol. The SMILES string of the molecule is CCCCCCCCCC/C=C\CCCCCCCCCCCCCCCCCCCCCCCCCCCCCC(=O)NC(COC1OC(CO)C(OC2OC(CO)C(O)C(O)C2O)C(O)C1O)C(O)/C=C/CCCCCCCCCCCCCCCCC. The van der Waals surface area contributed by atoms with Gasteiger partial charge in [0.2, 0.25) is 5.91 Å². The summed E-state index contributed by atoms with van der Waals surface area (Å²) < 4.78 is 22.9. The molecule has 0 aliphatic carbocycles. The van der Waals surface area contributed by atoms with Gasteiger partial charge in [-0.2, -0.15) is 0 Å². The van der Waals surface area contributed by atoms with E-state index >= 15 is 0 Å². The Hall–Kier alpha value is -1.53. The summed E-state index contributed by atoms with van der Waals surface area (Å²) in [6.45, 7) is 2.85. The topological polar surface area (TPSA) is 228 Å². The fourth-order valence-electron chi connectivity index (χ4n) is 13.0. The Labute approximate surface area is 551 Å². The molecule has 0 radical (unpaired) electrons. The van der Waals surface area contributed by atoms with Gasteiger partial charge >= 0.3 is 0 Å². The van der Waals surface area contributed by atoms with Gasteiger partial charge < -0.3 is 65.1 Å². The van der Waals surface area contributed by atoms with Gasteiger partial charge in [-0.3, -0.25) is 4.79 Å². The molecule has 1 amide bonds. The summed E-state index contributed by atoms with van der Waals surface area (Å²) in [5.74, 6) is -0.231. The molecule has 2 aliphatic rings. The van der Waals surface area contributed by atoms with E-state index < -0.39 is 86.8 Å². The smallest absolute Gasteiger partial charge is 0.220 e. The largest absolute Gasteiger partial charge is 0.394 e. The average molecular weight is 1280 g/mol. The second-order valence-corrected chi connectivity index (χ2v) is 27.5. The highest BCUT2D eigenvalue weighted by Crippen LogP contribution is 2.30. The molecule has 2 saturated heterocycles. The van der Waals surface area contributed by atoms with Gasteiger partial charge in [0.25, 0.3) is 0 Å². The van der Waals surface area contributed by atoms with Crippen LogP contribution in [0.15, 0.2) is 24.3 Å². The van der Waals surface area contributed by atoms with Crippen molar-refractivity contribution < 1.29 is 64.6 Å². The first kappa shape index (κ1) is 84.6. The van der Waals surface area contributed by atoms with Crippen molar-refractivity contribution in [2.45, 2.75) is 434 Å². The maximum Gasteiger partial charge on any atom is 0.220 e. The normalized spacial score (nSPS) is 23.0. The van der Waals surface area contributed by atoms with Gasteiger partial charge in [0.05, 0.1) is 32.0 Å². The molecule has 2 aliphatic heterocycles. The number of amides is 1. The van der Waals surface area contributed by atoms with E-state index in [4.69, 9.17) is 18.9 Å². The molecule has 14 nitrogen and oxygen atoms in total. The molecule has 12 atom stereocenters. The van der Waals surface area contributed by atoms with Crippen molar-refractivity contribution in [1.82, 2.24) is 5.32 Å². The number of rotatable bonds is 65. The van der Waals surface area contributed by atoms with Crippen LogP contribution in [0.4, 0.5) is 0 Å². The van der Waals surface area contributed by atoms with Crippen LogP contribution in [0.5, 0.6) is 0 Å². The van der Waals surface area contributed by atoms with Crippen molar-refractivity contribution in [3.05, 3.63) is 24.3 Å². The zero-order valence-corrected chi connectivity index (χ0v) is 58.2. The Balaban J connectivity index is 1.55. The summed E-state index contributed by atoms with van der Waals surface area (Å²) in [4.78, 5) is 13.3. The van der Waals surface area contributed by atoms with E-state index in [2.05, 4.69) is 31.3 Å². The van der Waals surface area contributed by atoms with E-state index in [1.54, 1.807) is 6.08 Å². The predicted molar refractivity (Wildman–Crippen MR) is 369 cm³/mol. The number of nitrogens with one attached hydrogen (secondary N) is 1. The fraction of sp³-hybridized carbons (Fsp3) is 0.934. The minimum Gasteiger partial charge on any atom is -0.394 e. The van der Waals surface area contributed by atoms with Gasteiger partial charge in [-0.25, -0.2) is 0 Å². The van der Waals surface area contributed by atoms with Gasteiger partial charge in [-0.15, -0.1) is 0 Å². The lowest BCUT2D eigenvalue weighted by atomic mass is 9.97. The van der Waals surface area contributed by atoms with Gasteiger partial charge in [0, 0.05) is 6.42 Å². The number of aliphatic hydroxyl groups is 8. The van der Waals surface area contributed by atoms with Crippen LogP contribution in [0.1, 0.15) is 361 Å². The molecule has 2 fully saturated rings. The van der Waals surface area contributed by atoms with Crippen LogP contribution in [-0.4, -0.2) is 140 Å². The third-order valence-corrected chi connectivity index (χ3v) is 19.1. The third kappa shape index (κ3) is 44.3. The van der Waals surface area contributed by atoms with E-state index in [1.807, 2.05) is 6.08 Å². The van der Waals surface area contributed by atoms with Crippen LogP contribution >= 0.6 is 0 Å². The minimum atomic E-state index is -1.79. The molecule has 0 aromatic carbocycles. The van der Waals surface area contributed by atoms with Crippen LogP contribution in [-0.2, 0) is 23.7 Å². The lowest BCUT2D eigenvalue weighted by molar-refractivity contribution is -0.359. The highest BCUT2D eigenvalue weighted by atomic mass is 16.7. The first-order valence-electron chi connectivity index (χ1n) is 38.6. The number of allylic oxidation sites excluding steroid dienone is 3. The van der Waals surface area contributed by atoms with Gasteiger partial charge in [-0.05, 0) is 44.9 Å². The molecular formula is C76H145NO13. The number of hydrogen-bond acceptors (Lipinski definition) is 13. The Kier molecular flexibility index (Phi) is 57.4. The van der Waals surface area contributed by atoms with Crippen LogP contribution in [0, 0.1) is 0 Å². The highest BCUT2D eigenvalue weighted by molar-refractivity contribution is 5.76. The van der Waals surface area contributed by atoms with Crippen molar-refractivity contribution in [3.8, 4) is 0 Å². The predicted octanol–water partition coefficient (Wildman–Crippen LogP) is 16.7. The summed E-state index contributed by atoms with van der Waals surface area (Å²) >= 11 is 0. The molecule has 90 heavy (non-hydrogen) atoms. The van der Waals surface area contributed by atoms with E-state index in [0.717, 1.165) is 38.5 Å². The second-order valence-electron chi connectivity index (χ2n) is 27.5. The summed E-state index contributed by atoms with van der Waals surface area (Å²) in [7, 11) is 0. The molecule has 2 rings (SSSR count). The average Bonchev–Trinajstić information content (AvgIpc) is 1.04. The van der Waals surface area contributed by atoms with E-state index in [9.17, 15) is 45.6 Å². The molecule has 14 heteroatoms. The quantitative estimate of drug-likeness (QED) is 0.0204. The summed E-state index contributed by atoms with van der Waals surface area (Å²) in [6.07, 6.45) is 61.3. The molecule has 0 aromatic heterocycles. The number of carbonyl (C=O) groups is 1. The van der Waals surface area contributed by atoms with Crippen molar-refractivity contribution in [3.63, 3.8) is 0 Å². The number of hydrogen-bond donors (Lipinski definition) is 9. The van der Waals surface area contributed by atoms with Crippen LogP contribution < -0.4 is 5.32 Å². The Bertz CT molecular complexity index is 1600. The van der Waals surface area contributed by atoms with E-state index in [1.165, 1.54) is 295 Å². The van der Waals surface area contributed by atoms with Crippen molar-refractivity contribution >= 4 is 5.91 Å². The van der Waals surface area contributed by atoms with Crippen molar-refractivity contribution in [2.75, 3.05) is 19.8 Å². The molecule has 0 bridgehead atoms. The van der Waals surface area contributed by atoms with Crippen LogP contribution in [0.3, 0.4) is 0 Å². The highest BCUT2D eigenvalue weighted by Gasteiger charge is 2.51. The maximum atomic E-state index is 13.3. The Morgan fingerprint density at radius 1 is 0.389 bits per heavy atom. The second kappa shape index (κ2) is 61.1. The number of unbranched alkanes of at least 4 members (excludes halogenated alkanes) is 50. The number of ether oxygens (including phenoxy) is 4. The Morgan fingerprint density at radius 2 is 0.700 bits per heavy atom. The first-order valence-corrected chi connectivity index (χ1v) is 38.6. The van der Waals surface area contributed by atoms with Gasteiger partial charge in [-0.1, -0.05) is 334 Å². The zero-order chi connectivity index (χ0) is 65.2. The molecule has 0 spiro atoms. The lowest BCUT2D eigenvalue weighted by Crippen LogP contribution is -2.65.